The second-order valence-corrected chi connectivity index (χ2v) is 9.12. The molecule has 0 saturated carbocycles. The molecule has 0 spiro atoms. The predicted octanol–water partition coefficient (Wildman–Crippen LogP) is 6.56. The molecule has 0 amide bonds. The maximum Gasteiger partial charge on any atom is 0.191 e. The summed E-state index contributed by atoms with van der Waals surface area (Å²) in [5.41, 5.74) is 3.35. The van der Waals surface area contributed by atoms with Crippen molar-refractivity contribution in [1.82, 2.24) is 19.7 Å². The molecule has 9 heteroatoms. The number of allylic oxidation sites excluding steroid dienone is 1. The molecule has 0 fully saturated rings. The molecule has 2 aromatic carbocycles. The number of aromatic nitrogens is 4. The standard InChI is InChI=1S/C23H20ClFN4OS2/c1-3-10-29-21(12-30-17-8-9-20(25)19(24)11-17)27-28-23(29)32-14-16-13-31-22(26-16)18-7-5-4-6-15(18)2/h3-9,11,13H,1,10,12,14H2,2H3. The Morgan fingerprint density at radius 3 is 2.88 bits per heavy atom. The summed E-state index contributed by atoms with van der Waals surface area (Å²) in [6.07, 6.45) is 1.78. The molecule has 0 radical (unpaired) electrons. The maximum absolute atomic E-state index is 13.3. The summed E-state index contributed by atoms with van der Waals surface area (Å²) in [6.45, 7) is 6.64. The van der Waals surface area contributed by atoms with Crippen molar-refractivity contribution in [3.63, 3.8) is 0 Å². The summed E-state index contributed by atoms with van der Waals surface area (Å²) >= 11 is 9.02. The summed E-state index contributed by atoms with van der Waals surface area (Å²) in [6, 6.07) is 12.5. The lowest BCUT2D eigenvalue weighted by Gasteiger charge is -2.09. The largest absolute Gasteiger partial charge is 0.486 e. The number of ether oxygens (including phenoxy) is 1. The number of thiazole rings is 1. The second kappa shape index (κ2) is 10.3. The van der Waals surface area contributed by atoms with Crippen LogP contribution in [0.3, 0.4) is 0 Å². The number of thioether (sulfide) groups is 1. The van der Waals surface area contributed by atoms with Gasteiger partial charge in [-0.2, -0.15) is 0 Å². The van der Waals surface area contributed by atoms with Crippen LogP contribution in [0.5, 0.6) is 5.75 Å². The molecule has 0 atom stereocenters. The van der Waals surface area contributed by atoms with E-state index in [0.29, 0.717) is 23.9 Å². The van der Waals surface area contributed by atoms with E-state index in [2.05, 4.69) is 41.2 Å². The zero-order valence-corrected chi connectivity index (χ0v) is 19.7. The minimum absolute atomic E-state index is 0.0135. The van der Waals surface area contributed by atoms with Crippen LogP contribution in [0.1, 0.15) is 17.1 Å². The van der Waals surface area contributed by atoms with Gasteiger partial charge < -0.3 is 4.74 Å². The fourth-order valence-electron chi connectivity index (χ4n) is 3.01. The smallest absolute Gasteiger partial charge is 0.191 e. The topological polar surface area (TPSA) is 52.8 Å². The van der Waals surface area contributed by atoms with Crippen LogP contribution in [0.4, 0.5) is 4.39 Å². The molecule has 2 heterocycles. The van der Waals surface area contributed by atoms with Gasteiger partial charge in [-0.1, -0.05) is 53.7 Å². The number of nitrogens with zero attached hydrogens (tertiary/aromatic N) is 4. The van der Waals surface area contributed by atoms with Gasteiger partial charge in [0.1, 0.15) is 23.2 Å². The summed E-state index contributed by atoms with van der Waals surface area (Å²) in [7, 11) is 0. The van der Waals surface area contributed by atoms with Crippen LogP contribution < -0.4 is 4.74 Å². The van der Waals surface area contributed by atoms with Crippen molar-refractivity contribution in [2.75, 3.05) is 0 Å². The number of aryl methyl sites for hydroxylation is 1. The van der Waals surface area contributed by atoms with Crippen molar-refractivity contribution >= 4 is 34.7 Å². The van der Waals surface area contributed by atoms with Crippen molar-refractivity contribution in [3.05, 3.63) is 88.4 Å². The van der Waals surface area contributed by atoms with Crippen LogP contribution >= 0.6 is 34.7 Å². The molecule has 32 heavy (non-hydrogen) atoms. The first-order valence-electron chi connectivity index (χ1n) is 9.79. The fourth-order valence-corrected chi connectivity index (χ4v) is 5.05. The maximum atomic E-state index is 13.3. The van der Waals surface area contributed by atoms with Crippen LogP contribution in [-0.2, 0) is 18.9 Å². The van der Waals surface area contributed by atoms with Crippen molar-refractivity contribution in [2.24, 2.45) is 0 Å². The van der Waals surface area contributed by atoms with Crippen LogP contribution in [0.15, 0.2) is 65.7 Å². The highest BCUT2D eigenvalue weighted by atomic mass is 35.5. The van der Waals surface area contributed by atoms with E-state index < -0.39 is 5.82 Å². The van der Waals surface area contributed by atoms with E-state index in [0.717, 1.165) is 21.4 Å². The lowest BCUT2D eigenvalue weighted by Crippen LogP contribution is -2.07. The number of hydrogen-bond donors (Lipinski definition) is 0. The fraction of sp³-hybridized carbons (Fsp3) is 0.174. The van der Waals surface area contributed by atoms with E-state index in [1.165, 1.54) is 23.8 Å². The predicted molar refractivity (Wildman–Crippen MR) is 128 cm³/mol. The van der Waals surface area contributed by atoms with Gasteiger partial charge in [-0.05, 0) is 24.6 Å². The Morgan fingerprint density at radius 2 is 2.09 bits per heavy atom. The summed E-state index contributed by atoms with van der Waals surface area (Å²) < 4.78 is 21.0. The number of halogens is 2. The molecule has 0 bridgehead atoms. The highest BCUT2D eigenvalue weighted by Crippen LogP contribution is 2.29. The summed E-state index contributed by atoms with van der Waals surface area (Å²) in [5.74, 6) is 1.29. The molecular formula is C23H20ClFN4OS2. The Kier molecular flexibility index (Phi) is 7.24. The molecule has 4 aromatic rings. The number of rotatable bonds is 9. The Bertz CT molecular complexity index is 1240. The normalized spacial score (nSPS) is 11.0. The molecular weight excluding hydrogens is 467 g/mol. The molecule has 0 N–H and O–H groups in total. The van der Waals surface area contributed by atoms with Gasteiger partial charge in [-0.3, -0.25) is 4.57 Å². The number of hydrogen-bond acceptors (Lipinski definition) is 6. The quantitative estimate of drug-likeness (QED) is 0.198. The van der Waals surface area contributed by atoms with Gasteiger partial charge in [0.25, 0.3) is 0 Å². The van der Waals surface area contributed by atoms with E-state index in [1.807, 2.05) is 16.7 Å². The van der Waals surface area contributed by atoms with Gasteiger partial charge in [-0.15, -0.1) is 28.1 Å². The Balaban J connectivity index is 1.44. The monoisotopic (exact) mass is 486 g/mol. The molecule has 164 valence electrons. The Labute approximate surface area is 198 Å². The SMILES string of the molecule is C=CCn1c(COc2ccc(F)c(Cl)c2)nnc1SCc1csc(-c2ccccc2C)n1. The second-order valence-electron chi connectivity index (χ2n) is 6.91. The third-order valence-electron chi connectivity index (χ3n) is 4.64. The highest BCUT2D eigenvalue weighted by Gasteiger charge is 2.14. The molecule has 0 saturated heterocycles. The lowest BCUT2D eigenvalue weighted by molar-refractivity contribution is 0.288. The minimum atomic E-state index is -0.486. The average molecular weight is 487 g/mol. The zero-order chi connectivity index (χ0) is 22.5. The molecule has 0 aliphatic heterocycles. The van der Waals surface area contributed by atoms with Crippen LogP contribution in [0.25, 0.3) is 10.6 Å². The van der Waals surface area contributed by atoms with Gasteiger partial charge in [0.05, 0.1) is 10.7 Å². The molecule has 0 aliphatic rings. The van der Waals surface area contributed by atoms with Crippen LogP contribution in [-0.4, -0.2) is 19.7 Å². The molecule has 0 aliphatic carbocycles. The first-order valence-corrected chi connectivity index (χ1v) is 12.0. The van der Waals surface area contributed by atoms with Crippen LogP contribution in [0.2, 0.25) is 5.02 Å². The Morgan fingerprint density at radius 1 is 1.25 bits per heavy atom. The van der Waals surface area contributed by atoms with Gasteiger partial charge >= 0.3 is 0 Å². The molecule has 0 unspecified atom stereocenters. The van der Waals surface area contributed by atoms with E-state index in [1.54, 1.807) is 29.2 Å². The third-order valence-corrected chi connectivity index (χ3v) is 6.85. The van der Waals surface area contributed by atoms with Gasteiger partial charge in [0.2, 0.25) is 0 Å². The third kappa shape index (κ3) is 5.20. The molecule has 2 aromatic heterocycles. The van der Waals surface area contributed by atoms with E-state index >= 15 is 0 Å². The van der Waals surface area contributed by atoms with E-state index in [9.17, 15) is 4.39 Å². The minimum Gasteiger partial charge on any atom is -0.486 e. The zero-order valence-electron chi connectivity index (χ0n) is 17.3. The summed E-state index contributed by atoms with van der Waals surface area (Å²) in [4.78, 5) is 4.78. The van der Waals surface area contributed by atoms with E-state index in [-0.39, 0.29) is 11.6 Å². The van der Waals surface area contributed by atoms with E-state index in [4.69, 9.17) is 21.3 Å². The van der Waals surface area contributed by atoms with Crippen molar-refractivity contribution in [2.45, 2.75) is 31.0 Å². The Hall–Kier alpha value is -2.68. The molecule has 5 nitrogen and oxygen atoms in total. The van der Waals surface area contributed by atoms with Crippen molar-refractivity contribution in [3.8, 4) is 16.3 Å². The van der Waals surface area contributed by atoms with Gasteiger partial charge in [-0.25, -0.2) is 9.37 Å². The van der Waals surface area contributed by atoms with Crippen molar-refractivity contribution in [1.29, 1.82) is 0 Å². The lowest BCUT2D eigenvalue weighted by atomic mass is 10.1. The molecule has 4 rings (SSSR count). The average Bonchev–Trinajstić information content (AvgIpc) is 3.41. The first-order chi connectivity index (χ1) is 15.5. The van der Waals surface area contributed by atoms with Gasteiger partial charge in [0, 0.05) is 29.3 Å². The summed E-state index contributed by atoms with van der Waals surface area (Å²) in [5, 5.41) is 12.4. The van der Waals surface area contributed by atoms with Crippen LogP contribution in [0, 0.1) is 12.7 Å². The first kappa shape index (κ1) is 22.5. The van der Waals surface area contributed by atoms with Crippen molar-refractivity contribution < 1.29 is 9.13 Å². The van der Waals surface area contributed by atoms with Gasteiger partial charge in [0.15, 0.2) is 11.0 Å². The number of benzene rings is 2. The highest BCUT2D eigenvalue weighted by molar-refractivity contribution is 7.98.